The Bertz CT molecular complexity index is 1680. The summed E-state index contributed by atoms with van der Waals surface area (Å²) in [6.45, 7) is 1.50. The number of aromatic nitrogens is 4. The van der Waals surface area contributed by atoms with Gasteiger partial charge in [-0.3, -0.25) is 14.2 Å². The van der Waals surface area contributed by atoms with Crippen molar-refractivity contribution >= 4 is 33.1 Å². The van der Waals surface area contributed by atoms with E-state index in [0.717, 1.165) is 0 Å². The average Bonchev–Trinajstić information content (AvgIpc) is 3.46. The number of carbonyl (C=O) groups is 1. The Morgan fingerprint density at radius 1 is 1.26 bits per heavy atom. The molecule has 0 saturated heterocycles. The van der Waals surface area contributed by atoms with Gasteiger partial charge in [0.15, 0.2) is 0 Å². The molecule has 0 atom stereocenters. The van der Waals surface area contributed by atoms with Gasteiger partial charge in [0.25, 0.3) is 11.4 Å². The lowest BCUT2D eigenvalue weighted by Gasteiger charge is -2.07. The molecule has 0 radical (unpaired) electrons. The molecule has 0 aliphatic heterocycles. The molecule has 1 amide bonds. The number of anilines is 1. The fraction of sp³-hybridized carbons (Fsp3) is 0.0833. The minimum atomic E-state index is -0.433. The molecule has 0 aliphatic carbocycles. The monoisotopic (exact) mass is 486 g/mol. The van der Waals surface area contributed by atoms with E-state index in [4.69, 9.17) is 9.78 Å². The Hall–Kier alpha value is -4.69. The number of aryl methyl sites for hydroxylation is 1. The van der Waals surface area contributed by atoms with Gasteiger partial charge in [-0.15, -0.1) is 11.3 Å². The lowest BCUT2D eigenvalue weighted by atomic mass is 10.2. The van der Waals surface area contributed by atoms with Crippen LogP contribution in [0.5, 0.6) is 0 Å². The molecule has 0 bridgehead atoms. The van der Waals surface area contributed by atoms with Crippen LogP contribution in [0.25, 0.3) is 32.4 Å². The summed E-state index contributed by atoms with van der Waals surface area (Å²) in [7, 11) is 0. The van der Waals surface area contributed by atoms with Gasteiger partial charge in [0.05, 0.1) is 28.2 Å². The van der Waals surface area contributed by atoms with Crippen molar-refractivity contribution in [2.45, 2.75) is 13.5 Å². The maximum absolute atomic E-state index is 13.2. The number of benzene rings is 2. The zero-order valence-electron chi connectivity index (χ0n) is 18.2. The van der Waals surface area contributed by atoms with E-state index < -0.39 is 5.91 Å². The number of nitriles is 1. The smallest absolute Gasteiger partial charge is 0.268 e. The Morgan fingerprint density at radius 3 is 2.83 bits per heavy atom. The highest BCUT2D eigenvalue weighted by molar-refractivity contribution is 7.22. The summed E-state index contributed by atoms with van der Waals surface area (Å²) < 4.78 is 19.8. The Morgan fingerprint density at radius 2 is 2.06 bits per heavy atom. The fourth-order valence-corrected chi connectivity index (χ4v) is 4.59. The van der Waals surface area contributed by atoms with Crippen molar-refractivity contribution < 1.29 is 13.7 Å². The summed E-state index contributed by atoms with van der Waals surface area (Å²) in [5.74, 6) is -0.299. The van der Waals surface area contributed by atoms with Crippen molar-refractivity contribution in [2.24, 2.45) is 0 Å². The first-order chi connectivity index (χ1) is 16.9. The van der Waals surface area contributed by atoms with Crippen LogP contribution in [0.4, 0.5) is 10.1 Å². The lowest BCUT2D eigenvalue weighted by molar-refractivity contribution is -0.116. The molecule has 0 aliphatic rings. The molecule has 3 heterocycles. The number of thiophene rings is 1. The van der Waals surface area contributed by atoms with E-state index in [1.807, 2.05) is 6.07 Å². The molecule has 0 saturated carbocycles. The molecule has 0 spiro atoms. The molecular weight excluding hydrogens is 471 g/mol. The van der Waals surface area contributed by atoms with Gasteiger partial charge in [0.2, 0.25) is 11.7 Å². The summed E-state index contributed by atoms with van der Waals surface area (Å²) in [6.07, 6.45) is 1.31. The van der Waals surface area contributed by atoms with Crippen molar-refractivity contribution in [3.8, 4) is 28.2 Å². The van der Waals surface area contributed by atoms with Crippen LogP contribution in [0.15, 0.2) is 64.2 Å². The molecule has 11 heteroatoms. The van der Waals surface area contributed by atoms with Crippen molar-refractivity contribution in [3.05, 3.63) is 82.2 Å². The third kappa shape index (κ3) is 4.30. The molecule has 5 aromatic rings. The van der Waals surface area contributed by atoms with Gasteiger partial charge < -0.3 is 9.84 Å². The predicted molar refractivity (Wildman–Crippen MR) is 127 cm³/mol. The number of nitrogens with one attached hydrogen (secondary N) is 1. The number of rotatable bonds is 5. The number of hydrogen-bond acceptors (Lipinski definition) is 8. The maximum Gasteiger partial charge on any atom is 0.268 e. The second-order valence-corrected chi connectivity index (χ2v) is 8.58. The fourth-order valence-electron chi connectivity index (χ4n) is 3.53. The molecule has 3 aromatic heterocycles. The van der Waals surface area contributed by atoms with Crippen molar-refractivity contribution in [3.63, 3.8) is 0 Å². The zero-order valence-corrected chi connectivity index (χ0v) is 19.0. The molecule has 35 heavy (non-hydrogen) atoms. The first-order valence-electron chi connectivity index (χ1n) is 10.3. The van der Waals surface area contributed by atoms with E-state index in [2.05, 4.69) is 20.4 Å². The molecule has 0 fully saturated rings. The van der Waals surface area contributed by atoms with Crippen LogP contribution in [0, 0.1) is 24.1 Å². The first-order valence-corrected chi connectivity index (χ1v) is 11.1. The zero-order chi connectivity index (χ0) is 24.5. The predicted octanol–water partition coefficient (Wildman–Crippen LogP) is 4.13. The van der Waals surface area contributed by atoms with Crippen LogP contribution >= 0.6 is 11.3 Å². The average molecular weight is 486 g/mol. The molecule has 172 valence electrons. The van der Waals surface area contributed by atoms with Crippen LogP contribution in [-0.4, -0.2) is 25.6 Å². The summed E-state index contributed by atoms with van der Waals surface area (Å²) >= 11 is 1.22. The maximum atomic E-state index is 13.2. The molecule has 0 unspecified atom stereocenters. The normalized spacial score (nSPS) is 10.9. The van der Waals surface area contributed by atoms with E-state index in [9.17, 15) is 14.0 Å². The first kappa shape index (κ1) is 22.1. The standard InChI is InChI=1S/C24H15FN6O3S/c1-13-19-23(35-20(13)22-29-21(30-34-22)15-5-7-16(25)8-6-15)27-12-31(24(19)33)11-18(32)28-17-4-2-3-14(9-17)10-26/h2-9,12H,11H2,1H3,(H,28,32). The van der Waals surface area contributed by atoms with Gasteiger partial charge in [-0.25, -0.2) is 9.37 Å². The second-order valence-electron chi connectivity index (χ2n) is 7.58. The van der Waals surface area contributed by atoms with Gasteiger partial charge in [-0.1, -0.05) is 11.2 Å². The lowest BCUT2D eigenvalue weighted by Crippen LogP contribution is -2.27. The van der Waals surface area contributed by atoms with E-state index in [1.165, 1.54) is 34.4 Å². The highest BCUT2D eigenvalue weighted by Crippen LogP contribution is 2.35. The van der Waals surface area contributed by atoms with Gasteiger partial charge >= 0.3 is 0 Å². The van der Waals surface area contributed by atoms with Crippen molar-refractivity contribution in [1.82, 2.24) is 19.7 Å². The van der Waals surface area contributed by atoms with Crippen LogP contribution in [0.1, 0.15) is 11.1 Å². The van der Waals surface area contributed by atoms with Gasteiger partial charge in [-0.2, -0.15) is 10.2 Å². The quantitative estimate of drug-likeness (QED) is 0.396. The summed E-state index contributed by atoms with van der Waals surface area (Å²) in [4.78, 5) is 35.4. The Balaban J connectivity index is 1.43. The number of amides is 1. The van der Waals surface area contributed by atoms with E-state index in [-0.39, 0.29) is 23.8 Å². The summed E-state index contributed by atoms with van der Waals surface area (Å²) in [6, 6.07) is 14.2. The van der Waals surface area contributed by atoms with E-state index >= 15 is 0 Å². The molecule has 1 N–H and O–H groups in total. The minimum Gasteiger partial charge on any atom is -0.333 e. The summed E-state index contributed by atoms with van der Waals surface area (Å²) in [5, 5.41) is 16.0. The van der Waals surface area contributed by atoms with Gasteiger partial charge in [0, 0.05) is 11.3 Å². The number of hydrogen-bond donors (Lipinski definition) is 1. The van der Waals surface area contributed by atoms with E-state index in [0.29, 0.717) is 43.3 Å². The molecule has 9 nitrogen and oxygen atoms in total. The van der Waals surface area contributed by atoms with E-state index in [1.54, 1.807) is 43.3 Å². The largest absolute Gasteiger partial charge is 0.333 e. The van der Waals surface area contributed by atoms with Gasteiger partial charge in [-0.05, 0) is 55.0 Å². The molecule has 5 rings (SSSR count). The van der Waals surface area contributed by atoms with Crippen molar-refractivity contribution in [1.29, 1.82) is 5.26 Å². The van der Waals surface area contributed by atoms with Crippen molar-refractivity contribution in [2.75, 3.05) is 5.32 Å². The van der Waals surface area contributed by atoms with Gasteiger partial charge in [0.1, 0.15) is 17.2 Å². The SMILES string of the molecule is Cc1c(-c2nc(-c3ccc(F)cc3)no2)sc2ncn(CC(=O)Nc3cccc(C#N)c3)c(=O)c12. The van der Waals surface area contributed by atoms with Crippen LogP contribution in [0.3, 0.4) is 0 Å². The van der Waals surface area contributed by atoms with Crippen LogP contribution in [-0.2, 0) is 11.3 Å². The number of carbonyl (C=O) groups excluding carboxylic acids is 1. The number of nitrogens with zero attached hydrogens (tertiary/aromatic N) is 5. The third-order valence-corrected chi connectivity index (χ3v) is 6.42. The highest BCUT2D eigenvalue weighted by atomic mass is 32.1. The Labute approximate surface area is 201 Å². The topological polar surface area (TPSA) is 127 Å². The summed E-state index contributed by atoms with van der Waals surface area (Å²) in [5.41, 5.74) is 1.68. The number of halogens is 1. The third-order valence-electron chi connectivity index (χ3n) is 5.23. The molecule has 2 aromatic carbocycles. The highest BCUT2D eigenvalue weighted by Gasteiger charge is 2.21. The van der Waals surface area contributed by atoms with Crippen LogP contribution < -0.4 is 10.9 Å². The second kappa shape index (κ2) is 8.92. The number of fused-ring (bicyclic) bond motifs is 1. The minimum absolute atomic E-state index is 0.214. The van der Waals surface area contributed by atoms with Crippen LogP contribution in [0.2, 0.25) is 0 Å². The molecular formula is C24H15FN6O3S. The Kier molecular flexibility index (Phi) is 5.64.